The van der Waals surface area contributed by atoms with Gasteiger partial charge < -0.3 is 15.5 Å². The molecule has 0 saturated carbocycles. The molecule has 1 aromatic carbocycles. The average Bonchev–Trinajstić information content (AvgIpc) is 2.88. The first kappa shape index (κ1) is 25.8. The summed E-state index contributed by atoms with van der Waals surface area (Å²) in [4.78, 5) is 37.2. The van der Waals surface area contributed by atoms with E-state index in [9.17, 15) is 4.79 Å². The number of hydrogen-bond donors (Lipinski definition) is 2. The third-order valence-electron chi connectivity index (χ3n) is 6.81. The Morgan fingerprint density at radius 1 is 1.03 bits per heavy atom. The number of nitrogens with one attached hydrogen (secondary N) is 2. The molecule has 2 atom stereocenters. The summed E-state index contributed by atoms with van der Waals surface area (Å²) in [5.74, 6) is 3.36. The quantitative estimate of drug-likeness (QED) is 0.362. The van der Waals surface area contributed by atoms with Gasteiger partial charge in [-0.25, -0.2) is 19.7 Å². The third-order valence-corrected chi connectivity index (χ3v) is 7.09. The molecule has 1 aliphatic rings. The maximum Gasteiger partial charge on any atom is 0.349 e. The molecular weight excluding hydrogens is 502 g/mol. The van der Waals surface area contributed by atoms with Crippen LogP contribution in [0.3, 0.4) is 0 Å². The zero-order valence-electron chi connectivity index (χ0n) is 22.2. The van der Waals surface area contributed by atoms with Crippen molar-refractivity contribution < 1.29 is 0 Å². The maximum absolute atomic E-state index is 12.7. The van der Waals surface area contributed by atoms with Crippen molar-refractivity contribution in [1.82, 2.24) is 29.5 Å². The van der Waals surface area contributed by atoms with E-state index < -0.39 is 5.54 Å². The Balaban J connectivity index is 1.50. The molecule has 0 radical (unpaired) electrons. The smallest absolute Gasteiger partial charge is 0.349 e. The van der Waals surface area contributed by atoms with Gasteiger partial charge >= 0.3 is 5.69 Å². The van der Waals surface area contributed by atoms with Gasteiger partial charge in [0.15, 0.2) is 11.6 Å². The Hall–Kier alpha value is -3.79. The first-order valence-corrected chi connectivity index (χ1v) is 13.1. The van der Waals surface area contributed by atoms with Crippen LogP contribution in [0.4, 0.5) is 23.3 Å². The van der Waals surface area contributed by atoms with Crippen molar-refractivity contribution >= 4 is 45.8 Å². The van der Waals surface area contributed by atoms with E-state index in [1.54, 1.807) is 31.7 Å². The molecule has 5 rings (SSSR count). The van der Waals surface area contributed by atoms with Crippen LogP contribution in [0.2, 0.25) is 5.02 Å². The molecule has 10 nitrogen and oxygen atoms in total. The molecule has 1 fully saturated rings. The van der Waals surface area contributed by atoms with Crippen LogP contribution < -0.4 is 21.2 Å². The van der Waals surface area contributed by atoms with Crippen molar-refractivity contribution in [3.05, 3.63) is 64.2 Å². The minimum Gasteiger partial charge on any atom is -0.357 e. The lowest BCUT2D eigenvalue weighted by Crippen LogP contribution is -2.39. The molecule has 4 aromatic rings. The first-order valence-electron chi connectivity index (χ1n) is 12.7. The monoisotopic (exact) mass is 533 g/mol. The highest BCUT2D eigenvalue weighted by molar-refractivity contribution is 6.32. The van der Waals surface area contributed by atoms with Crippen molar-refractivity contribution in [3.8, 4) is 0 Å². The molecule has 4 heterocycles. The summed E-state index contributed by atoms with van der Waals surface area (Å²) >= 11 is 6.50. The van der Waals surface area contributed by atoms with Crippen molar-refractivity contribution in [2.45, 2.75) is 39.7 Å². The van der Waals surface area contributed by atoms with E-state index in [0.29, 0.717) is 40.3 Å². The maximum atomic E-state index is 12.7. The van der Waals surface area contributed by atoms with Crippen LogP contribution in [0.15, 0.2) is 47.7 Å². The van der Waals surface area contributed by atoms with Crippen LogP contribution in [0.5, 0.6) is 0 Å². The van der Waals surface area contributed by atoms with Crippen LogP contribution in [-0.4, -0.2) is 42.6 Å². The van der Waals surface area contributed by atoms with Gasteiger partial charge in [-0.05, 0) is 56.4 Å². The lowest BCUT2D eigenvalue weighted by molar-refractivity contribution is 0.353. The molecule has 11 heteroatoms. The summed E-state index contributed by atoms with van der Waals surface area (Å²) in [7, 11) is 1.70. The summed E-state index contributed by atoms with van der Waals surface area (Å²) in [5, 5.41) is 7.89. The zero-order valence-corrected chi connectivity index (χ0v) is 23.0. The van der Waals surface area contributed by atoms with E-state index >= 15 is 0 Å². The molecule has 0 bridgehead atoms. The number of nitrogens with zero attached hydrogens (tertiary/aromatic N) is 7. The fraction of sp³-hybridized carbons (Fsp3) is 0.407. The van der Waals surface area contributed by atoms with Crippen LogP contribution in [0.1, 0.15) is 39.9 Å². The van der Waals surface area contributed by atoms with Crippen LogP contribution in [0.25, 0.3) is 10.9 Å². The van der Waals surface area contributed by atoms with E-state index in [2.05, 4.69) is 49.3 Å². The number of aromatic nitrogens is 6. The van der Waals surface area contributed by atoms with Crippen LogP contribution in [-0.2, 0) is 12.6 Å². The second kappa shape index (κ2) is 10.2. The van der Waals surface area contributed by atoms with E-state index in [1.807, 2.05) is 32.0 Å². The Morgan fingerprint density at radius 3 is 2.45 bits per heavy atom. The molecule has 3 aromatic heterocycles. The summed E-state index contributed by atoms with van der Waals surface area (Å²) in [6.45, 7) is 10.2. The number of rotatable bonds is 6. The topological polar surface area (TPSA) is 114 Å². The summed E-state index contributed by atoms with van der Waals surface area (Å²) in [6.07, 6.45) is 6.22. The standard InChI is InChI=1S/C27H32ClN9O/c1-16-11-17(2)15-37(14-16)25-31-13-20(28)23(33-25)32-18-7-8-21-19(12-18)22(34-26(38)36(21)5)35-27(3,4)24-29-9-6-10-30-24/h6-10,12-13,16-17H,11,14-15H2,1-5H3,(H,31,32,33)(H,34,35,38)/t16-,17+. The van der Waals surface area contributed by atoms with E-state index in [4.69, 9.17) is 16.6 Å². The number of piperidine rings is 1. The fourth-order valence-electron chi connectivity index (χ4n) is 5.06. The zero-order chi connectivity index (χ0) is 27.0. The number of fused-ring (bicyclic) bond motifs is 1. The highest BCUT2D eigenvalue weighted by Gasteiger charge is 2.26. The van der Waals surface area contributed by atoms with E-state index in [1.165, 1.54) is 11.0 Å². The van der Waals surface area contributed by atoms with E-state index in [-0.39, 0.29) is 5.69 Å². The van der Waals surface area contributed by atoms with Crippen LogP contribution >= 0.6 is 11.6 Å². The third kappa shape index (κ3) is 5.26. The number of aryl methyl sites for hydroxylation is 1. The van der Waals surface area contributed by atoms with Gasteiger partial charge in [-0.3, -0.25) is 4.57 Å². The SMILES string of the molecule is C[C@@H]1C[C@H](C)CN(c2ncc(Cl)c(Nc3ccc4c(c3)c(NC(C)(C)c3ncccn3)nc(=O)n4C)n2)C1. The Bertz CT molecular complexity index is 1510. The van der Waals surface area contributed by atoms with Gasteiger partial charge in [-0.1, -0.05) is 25.4 Å². The molecule has 0 unspecified atom stereocenters. The Kier molecular flexibility index (Phi) is 6.92. The molecule has 0 amide bonds. The minimum absolute atomic E-state index is 0.362. The van der Waals surface area contributed by atoms with E-state index in [0.717, 1.165) is 29.7 Å². The Morgan fingerprint density at radius 2 is 1.74 bits per heavy atom. The predicted molar refractivity (Wildman–Crippen MR) is 151 cm³/mol. The van der Waals surface area contributed by atoms with Crippen molar-refractivity contribution in [1.29, 1.82) is 0 Å². The summed E-state index contributed by atoms with van der Waals surface area (Å²) < 4.78 is 1.52. The fourth-order valence-corrected chi connectivity index (χ4v) is 5.20. The van der Waals surface area contributed by atoms with Crippen molar-refractivity contribution in [2.75, 3.05) is 28.6 Å². The lowest BCUT2D eigenvalue weighted by Gasteiger charge is -2.35. The molecule has 0 aliphatic carbocycles. The average molecular weight is 534 g/mol. The van der Waals surface area contributed by atoms with Gasteiger partial charge in [-0.2, -0.15) is 9.97 Å². The molecule has 38 heavy (non-hydrogen) atoms. The molecular formula is C27H32ClN9O. The second-order valence-electron chi connectivity index (χ2n) is 10.7. The van der Waals surface area contributed by atoms with Gasteiger partial charge in [0.25, 0.3) is 0 Å². The minimum atomic E-state index is -0.676. The summed E-state index contributed by atoms with van der Waals surface area (Å²) in [5.41, 5.74) is 0.444. The van der Waals surface area contributed by atoms with Gasteiger partial charge in [0, 0.05) is 43.6 Å². The second-order valence-corrected chi connectivity index (χ2v) is 11.1. The number of benzene rings is 1. The number of hydrogen-bond acceptors (Lipinski definition) is 9. The number of halogens is 1. The van der Waals surface area contributed by atoms with Crippen molar-refractivity contribution in [3.63, 3.8) is 0 Å². The number of anilines is 4. The molecule has 0 spiro atoms. The van der Waals surface area contributed by atoms with Crippen molar-refractivity contribution in [2.24, 2.45) is 18.9 Å². The molecule has 198 valence electrons. The Labute approximate surface area is 226 Å². The van der Waals surface area contributed by atoms with Gasteiger partial charge in [0.1, 0.15) is 10.8 Å². The molecule has 1 saturated heterocycles. The van der Waals surface area contributed by atoms with Crippen LogP contribution in [0, 0.1) is 11.8 Å². The first-order chi connectivity index (χ1) is 18.1. The normalized spacial score (nSPS) is 18.0. The highest BCUT2D eigenvalue weighted by Crippen LogP contribution is 2.32. The van der Waals surface area contributed by atoms with Gasteiger partial charge in [-0.15, -0.1) is 0 Å². The highest BCUT2D eigenvalue weighted by atomic mass is 35.5. The molecule has 2 N–H and O–H groups in total. The predicted octanol–water partition coefficient (Wildman–Crippen LogP) is 4.74. The summed E-state index contributed by atoms with van der Waals surface area (Å²) in [6, 6.07) is 7.46. The largest absolute Gasteiger partial charge is 0.357 e. The van der Waals surface area contributed by atoms with Gasteiger partial charge in [0.05, 0.1) is 17.3 Å². The molecule has 1 aliphatic heterocycles. The lowest BCUT2D eigenvalue weighted by atomic mass is 9.92. The van der Waals surface area contributed by atoms with Gasteiger partial charge in [0.2, 0.25) is 5.95 Å².